The molecule has 3 rings (SSSR count). The van der Waals surface area contributed by atoms with Gasteiger partial charge in [0.25, 0.3) is 5.91 Å². The van der Waals surface area contributed by atoms with Crippen LogP contribution in [0.25, 0.3) is 6.08 Å². The lowest BCUT2D eigenvalue weighted by Gasteiger charge is -2.07. The van der Waals surface area contributed by atoms with E-state index in [9.17, 15) is 4.79 Å². The lowest BCUT2D eigenvalue weighted by Crippen LogP contribution is -2.17. The monoisotopic (exact) mass is 384 g/mol. The molecule has 0 bridgehead atoms. The van der Waals surface area contributed by atoms with Crippen molar-refractivity contribution in [2.45, 2.75) is 20.5 Å². The Kier molecular flexibility index (Phi) is 6.95. The van der Waals surface area contributed by atoms with Crippen molar-refractivity contribution in [3.63, 3.8) is 0 Å². The third kappa shape index (κ3) is 6.47. The van der Waals surface area contributed by atoms with E-state index in [1.807, 2.05) is 55.5 Å². The standard InChI is InChI=1S/C25H24N2O2/c1-19-8-10-22(11-9-19)18-29-24-14-12-23(13-15-24)25(28)27-26-17-20(2)16-21-6-4-3-5-7-21/h3-17H,18H2,1-2H3,(H,27,28)/b20-16-,26-17-. The fourth-order valence-corrected chi connectivity index (χ4v) is 2.66. The first kappa shape index (κ1) is 20.1. The lowest BCUT2D eigenvalue weighted by atomic mass is 10.1. The maximum absolute atomic E-state index is 12.2. The molecular weight excluding hydrogens is 360 g/mol. The van der Waals surface area contributed by atoms with E-state index >= 15 is 0 Å². The van der Waals surface area contributed by atoms with Crippen LogP contribution < -0.4 is 10.2 Å². The molecule has 4 nitrogen and oxygen atoms in total. The van der Waals surface area contributed by atoms with Crippen LogP contribution in [0.3, 0.4) is 0 Å². The molecule has 4 heteroatoms. The summed E-state index contributed by atoms with van der Waals surface area (Å²) < 4.78 is 5.77. The maximum Gasteiger partial charge on any atom is 0.271 e. The summed E-state index contributed by atoms with van der Waals surface area (Å²) in [5.74, 6) is 0.450. The average Bonchev–Trinajstić information content (AvgIpc) is 2.74. The zero-order valence-corrected chi connectivity index (χ0v) is 16.6. The maximum atomic E-state index is 12.2. The van der Waals surface area contributed by atoms with E-state index in [0.717, 1.165) is 16.7 Å². The zero-order valence-electron chi connectivity index (χ0n) is 16.6. The van der Waals surface area contributed by atoms with Gasteiger partial charge in [0.05, 0.1) is 6.21 Å². The van der Waals surface area contributed by atoms with Crippen LogP contribution in [-0.2, 0) is 6.61 Å². The van der Waals surface area contributed by atoms with Gasteiger partial charge in [0.1, 0.15) is 12.4 Å². The fourth-order valence-electron chi connectivity index (χ4n) is 2.66. The van der Waals surface area contributed by atoms with Crippen molar-refractivity contribution in [2.24, 2.45) is 5.10 Å². The molecule has 146 valence electrons. The van der Waals surface area contributed by atoms with Gasteiger partial charge in [-0.3, -0.25) is 4.79 Å². The van der Waals surface area contributed by atoms with Gasteiger partial charge < -0.3 is 4.74 Å². The minimum absolute atomic E-state index is 0.265. The van der Waals surface area contributed by atoms with Gasteiger partial charge in [-0.15, -0.1) is 0 Å². The summed E-state index contributed by atoms with van der Waals surface area (Å²) in [5, 5.41) is 4.03. The van der Waals surface area contributed by atoms with Crippen molar-refractivity contribution in [1.29, 1.82) is 0 Å². The van der Waals surface area contributed by atoms with Gasteiger partial charge >= 0.3 is 0 Å². The number of allylic oxidation sites excluding steroid dienone is 1. The van der Waals surface area contributed by atoms with Crippen molar-refractivity contribution < 1.29 is 9.53 Å². The molecule has 0 saturated heterocycles. The van der Waals surface area contributed by atoms with Crippen molar-refractivity contribution in [3.05, 3.63) is 107 Å². The van der Waals surface area contributed by atoms with E-state index in [1.165, 1.54) is 5.56 Å². The predicted octanol–water partition coefficient (Wildman–Crippen LogP) is 5.39. The average molecular weight is 384 g/mol. The minimum Gasteiger partial charge on any atom is -0.489 e. The normalized spacial score (nSPS) is 11.4. The van der Waals surface area contributed by atoms with Crippen LogP contribution in [0.2, 0.25) is 0 Å². The minimum atomic E-state index is -0.265. The van der Waals surface area contributed by atoms with E-state index in [1.54, 1.807) is 30.5 Å². The molecule has 0 aliphatic rings. The first-order valence-electron chi connectivity index (χ1n) is 9.45. The molecule has 0 fully saturated rings. The van der Waals surface area contributed by atoms with E-state index in [-0.39, 0.29) is 5.91 Å². The van der Waals surface area contributed by atoms with Crippen molar-refractivity contribution in [1.82, 2.24) is 5.43 Å². The lowest BCUT2D eigenvalue weighted by molar-refractivity contribution is 0.0955. The first-order chi connectivity index (χ1) is 14.1. The second-order valence-corrected chi connectivity index (χ2v) is 6.80. The van der Waals surface area contributed by atoms with Gasteiger partial charge in [0.15, 0.2) is 0 Å². The van der Waals surface area contributed by atoms with Gasteiger partial charge in [-0.05, 0) is 54.8 Å². The van der Waals surface area contributed by atoms with Crippen molar-refractivity contribution >= 4 is 18.2 Å². The Bertz CT molecular complexity index is 989. The summed E-state index contributed by atoms with van der Waals surface area (Å²) in [6.07, 6.45) is 3.62. The molecule has 1 N–H and O–H groups in total. The van der Waals surface area contributed by atoms with Crippen LogP contribution >= 0.6 is 0 Å². The second-order valence-electron chi connectivity index (χ2n) is 6.80. The Morgan fingerprint density at radius 3 is 2.34 bits per heavy atom. The molecule has 0 atom stereocenters. The molecule has 0 radical (unpaired) electrons. The molecule has 29 heavy (non-hydrogen) atoms. The summed E-state index contributed by atoms with van der Waals surface area (Å²) in [6, 6.07) is 25.2. The Labute approximate surface area is 171 Å². The van der Waals surface area contributed by atoms with E-state index in [4.69, 9.17) is 4.74 Å². The highest BCUT2D eigenvalue weighted by Crippen LogP contribution is 2.15. The molecule has 0 unspecified atom stereocenters. The number of carbonyl (C=O) groups is 1. The number of hydrazone groups is 1. The number of hydrogen-bond acceptors (Lipinski definition) is 3. The van der Waals surface area contributed by atoms with Gasteiger partial charge in [0, 0.05) is 5.56 Å². The number of ether oxygens (including phenoxy) is 1. The number of rotatable bonds is 7. The number of hydrogen-bond donors (Lipinski definition) is 1. The van der Waals surface area contributed by atoms with Gasteiger partial charge in [-0.2, -0.15) is 5.10 Å². The molecule has 0 aromatic heterocycles. The Morgan fingerprint density at radius 2 is 1.66 bits per heavy atom. The molecule has 0 saturated carbocycles. The summed E-state index contributed by atoms with van der Waals surface area (Å²) in [5.41, 5.74) is 7.42. The number of benzene rings is 3. The number of amides is 1. The van der Waals surface area contributed by atoms with Crippen LogP contribution in [-0.4, -0.2) is 12.1 Å². The smallest absolute Gasteiger partial charge is 0.271 e. The molecule has 0 aliphatic carbocycles. The molecule has 0 spiro atoms. The van der Waals surface area contributed by atoms with Crippen LogP contribution in [0, 0.1) is 6.92 Å². The highest BCUT2D eigenvalue weighted by Gasteiger charge is 2.04. The largest absolute Gasteiger partial charge is 0.489 e. The molecule has 0 heterocycles. The number of aryl methyl sites for hydroxylation is 1. The van der Waals surface area contributed by atoms with Crippen LogP contribution in [0.15, 0.2) is 89.5 Å². The summed E-state index contributed by atoms with van der Waals surface area (Å²) >= 11 is 0. The molecule has 3 aromatic rings. The van der Waals surface area contributed by atoms with E-state index < -0.39 is 0 Å². The number of nitrogens with one attached hydrogen (secondary N) is 1. The summed E-state index contributed by atoms with van der Waals surface area (Å²) in [7, 11) is 0. The second kappa shape index (κ2) is 10.0. The first-order valence-corrected chi connectivity index (χ1v) is 9.45. The topological polar surface area (TPSA) is 50.7 Å². The van der Waals surface area contributed by atoms with Gasteiger partial charge in [0.2, 0.25) is 0 Å². The number of nitrogens with zero attached hydrogens (tertiary/aromatic N) is 1. The highest BCUT2D eigenvalue weighted by molar-refractivity contribution is 5.95. The quantitative estimate of drug-likeness (QED) is 0.438. The third-order valence-electron chi connectivity index (χ3n) is 4.27. The number of carbonyl (C=O) groups excluding carboxylic acids is 1. The SMILES string of the molecule is CC(/C=N\NC(=O)c1ccc(OCc2ccc(C)cc2)cc1)=C/c1ccccc1. The van der Waals surface area contributed by atoms with Crippen molar-refractivity contribution in [2.75, 3.05) is 0 Å². The molecule has 0 aliphatic heterocycles. The molecule has 1 amide bonds. The Morgan fingerprint density at radius 1 is 0.966 bits per heavy atom. The van der Waals surface area contributed by atoms with Crippen LogP contribution in [0.4, 0.5) is 0 Å². The molecule has 3 aromatic carbocycles. The van der Waals surface area contributed by atoms with E-state index in [2.05, 4.69) is 29.6 Å². The third-order valence-corrected chi connectivity index (χ3v) is 4.27. The molecular formula is C25H24N2O2. The van der Waals surface area contributed by atoms with Gasteiger partial charge in [-0.1, -0.05) is 66.2 Å². The predicted molar refractivity (Wildman–Crippen MR) is 118 cm³/mol. The van der Waals surface area contributed by atoms with E-state index in [0.29, 0.717) is 17.9 Å². The highest BCUT2D eigenvalue weighted by atomic mass is 16.5. The zero-order chi connectivity index (χ0) is 20.5. The van der Waals surface area contributed by atoms with Crippen LogP contribution in [0.1, 0.15) is 34.0 Å². The van der Waals surface area contributed by atoms with Gasteiger partial charge in [-0.25, -0.2) is 5.43 Å². The summed E-state index contributed by atoms with van der Waals surface area (Å²) in [6.45, 7) is 4.48. The Hall–Kier alpha value is -3.66. The van der Waals surface area contributed by atoms with Crippen LogP contribution in [0.5, 0.6) is 5.75 Å². The Balaban J connectivity index is 1.50. The fraction of sp³-hybridized carbons (Fsp3) is 0.120. The van der Waals surface area contributed by atoms with Crippen molar-refractivity contribution in [3.8, 4) is 5.75 Å². The summed E-state index contributed by atoms with van der Waals surface area (Å²) in [4.78, 5) is 12.2.